The fourth-order valence-corrected chi connectivity index (χ4v) is 1.35. The molecule has 1 fully saturated rings. The van der Waals surface area contributed by atoms with Crippen molar-refractivity contribution < 1.29 is 25.2 Å². The van der Waals surface area contributed by atoms with E-state index in [0.29, 0.717) is 0 Å². The van der Waals surface area contributed by atoms with Crippen LogP contribution in [0.5, 0.6) is 0 Å². The molecular weight excluding hydrogens is 178 g/mol. The summed E-state index contributed by atoms with van der Waals surface area (Å²) in [5.41, 5.74) is 5.40. The number of aliphatic hydroxyl groups excluding tert-OH is 3. The number of hydrogen-bond donors (Lipinski definition) is 5. The summed E-state index contributed by atoms with van der Waals surface area (Å²) in [6, 6.07) is -1.09. The highest BCUT2D eigenvalue weighted by molar-refractivity contribution is 4.96. The largest absolute Gasteiger partial charge is 0.394 e. The van der Waals surface area contributed by atoms with Gasteiger partial charge in [0, 0.05) is 0 Å². The zero-order chi connectivity index (χ0) is 10.2. The van der Waals surface area contributed by atoms with Crippen LogP contribution in [0.1, 0.15) is 6.92 Å². The van der Waals surface area contributed by atoms with Crippen molar-refractivity contribution in [1.82, 2.24) is 0 Å². The molecule has 0 aromatic carbocycles. The molecule has 0 aromatic heterocycles. The molecule has 0 saturated carbocycles. The number of nitrogens with two attached hydrogens (primary N) is 1. The highest BCUT2D eigenvalue weighted by Crippen LogP contribution is 2.25. The molecule has 0 radical (unpaired) electrons. The van der Waals surface area contributed by atoms with Crippen molar-refractivity contribution in [2.24, 2.45) is 5.73 Å². The first-order valence-electron chi connectivity index (χ1n) is 4.03. The summed E-state index contributed by atoms with van der Waals surface area (Å²) in [5.74, 6) is -1.73. The number of hydrogen-bond acceptors (Lipinski definition) is 6. The second kappa shape index (κ2) is 3.49. The molecule has 1 unspecified atom stereocenters. The molecule has 6 N–H and O–H groups in total. The van der Waals surface area contributed by atoms with Gasteiger partial charge in [0.1, 0.15) is 18.3 Å². The zero-order valence-corrected chi connectivity index (χ0v) is 7.29. The molecule has 0 amide bonds. The zero-order valence-electron chi connectivity index (χ0n) is 7.29. The Morgan fingerprint density at radius 1 is 1.38 bits per heavy atom. The lowest BCUT2D eigenvalue weighted by molar-refractivity contribution is -0.305. The monoisotopic (exact) mass is 193 g/mol. The van der Waals surface area contributed by atoms with Gasteiger partial charge in [-0.15, -0.1) is 0 Å². The lowest BCUT2D eigenvalue weighted by Gasteiger charge is -2.44. The molecular formula is C7H15NO5. The van der Waals surface area contributed by atoms with Crippen molar-refractivity contribution in [2.75, 3.05) is 6.61 Å². The average molecular weight is 193 g/mol. The number of rotatable bonds is 1. The van der Waals surface area contributed by atoms with Crippen LogP contribution in [0.3, 0.4) is 0 Å². The van der Waals surface area contributed by atoms with E-state index in [4.69, 9.17) is 15.6 Å². The summed E-state index contributed by atoms with van der Waals surface area (Å²) >= 11 is 0. The van der Waals surface area contributed by atoms with Gasteiger partial charge in [-0.1, -0.05) is 0 Å². The van der Waals surface area contributed by atoms with Crippen LogP contribution in [-0.4, -0.2) is 57.2 Å². The van der Waals surface area contributed by atoms with Crippen LogP contribution in [0.2, 0.25) is 0 Å². The molecule has 1 aliphatic heterocycles. The Labute approximate surface area is 75.6 Å². The van der Waals surface area contributed by atoms with E-state index in [-0.39, 0.29) is 0 Å². The van der Waals surface area contributed by atoms with Crippen molar-refractivity contribution in [3.63, 3.8) is 0 Å². The van der Waals surface area contributed by atoms with Gasteiger partial charge in [0.15, 0.2) is 5.79 Å². The van der Waals surface area contributed by atoms with Crippen molar-refractivity contribution >= 4 is 0 Å². The third kappa shape index (κ3) is 1.83. The van der Waals surface area contributed by atoms with Crippen LogP contribution in [0.25, 0.3) is 0 Å². The summed E-state index contributed by atoms with van der Waals surface area (Å²) < 4.78 is 4.89. The fraction of sp³-hybridized carbons (Fsp3) is 1.00. The summed E-state index contributed by atoms with van der Waals surface area (Å²) in [6.07, 6.45) is -3.59. The minimum absolute atomic E-state index is 0.485. The van der Waals surface area contributed by atoms with Crippen LogP contribution in [0.4, 0.5) is 0 Å². The maximum Gasteiger partial charge on any atom is 0.181 e. The second-order valence-electron chi connectivity index (χ2n) is 3.40. The molecule has 1 rings (SSSR count). The van der Waals surface area contributed by atoms with Crippen molar-refractivity contribution in [1.29, 1.82) is 0 Å². The van der Waals surface area contributed by atoms with E-state index in [0.717, 1.165) is 0 Å². The normalized spacial score (nSPS) is 52.2. The van der Waals surface area contributed by atoms with Gasteiger partial charge in [-0.05, 0) is 6.92 Å². The van der Waals surface area contributed by atoms with Gasteiger partial charge in [0.05, 0.1) is 12.6 Å². The quantitative estimate of drug-likeness (QED) is 0.306. The first-order valence-corrected chi connectivity index (χ1v) is 4.03. The Kier molecular flexibility index (Phi) is 2.91. The Morgan fingerprint density at radius 3 is 2.38 bits per heavy atom. The van der Waals surface area contributed by atoms with Crippen molar-refractivity contribution in [3.8, 4) is 0 Å². The standard InChI is InChI=1S/C7H15NO5/c1-7(12)6(8)5(11)4(10)3(2-9)13-7/h3-6,9-12H,2,8H2,1H3/t3-,4-,5+,6-,7?/m0/s1. The van der Waals surface area contributed by atoms with E-state index in [1.807, 2.05) is 0 Å². The predicted octanol–water partition coefficient (Wildman–Crippen LogP) is -2.86. The Morgan fingerprint density at radius 2 is 1.92 bits per heavy atom. The molecule has 1 saturated heterocycles. The van der Waals surface area contributed by atoms with E-state index in [1.54, 1.807) is 0 Å². The van der Waals surface area contributed by atoms with E-state index < -0.39 is 36.7 Å². The highest BCUT2D eigenvalue weighted by Gasteiger charge is 2.48. The molecule has 1 heterocycles. The molecule has 0 aliphatic carbocycles. The SMILES string of the molecule is CC1(O)O[C@@H](CO)[C@H](O)[C@@H](O)[C@@H]1N. The van der Waals surface area contributed by atoms with E-state index >= 15 is 0 Å². The molecule has 6 nitrogen and oxygen atoms in total. The topological polar surface area (TPSA) is 116 Å². The highest BCUT2D eigenvalue weighted by atomic mass is 16.6. The molecule has 0 aromatic rings. The Hall–Kier alpha value is -0.240. The van der Waals surface area contributed by atoms with Crippen LogP contribution < -0.4 is 5.73 Å². The lowest BCUT2D eigenvalue weighted by Crippen LogP contribution is -2.67. The van der Waals surface area contributed by atoms with E-state index in [2.05, 4.69) is 0 Å². The van der Waals surface area contributed by atoms with E-state index in [9.17, 15) is 15.3 Å². The summed E-state index contributed by atoms with van der Waals surface area (Å²) in [7, 11) is 0. The van der Waals surface area contributed by atoms with Gasteiger partial charge in [-0.2, -0.15) is 0 Å². The smallest absolute Gasteiger partial charge is 0.181 e. The average Bonchev–Trinajstić information content (AvgIpc) is 2.08. The maximum absolute atomic E-state index is 9.50. The molecule has 1 aliphatic rings. The molecule has 0 bridgehead atoms. The maximum atomic E-state index is 9.50. The summed E-state index contributed by atoms with van der Waals surface area (Å²) in [5, 5.41) is 36.9. The molecule has 13 heavy (non-hydrogen) atoms. The Balaban J connectivity index is 2.79. The summed E-state index contributed by atoms with van der Waals surface area (Å²) in [4.78, 5) is 0. The summed E-state index contributed by atoms with van der Waals surface area (Å²) in [6.45, 7) is 0.788. The predicted molar refractivity (Wildman–Crippen MR) is 42.6 cm³/mol. The van der Waals surface area contributed by atoms with Crippen molar-refractivity contribution in [2.45, 2.75) is 37.1 Å². The molecule has 0 spiro atoms. The third-order valence-electron chi connectivity index (χ3n) is 2.29. The van der Waals surface area contributed by atoms with Gasteiger partial charge in [-0.3, -0.25) is 0 Å². The fourth-order valence-electron chi connectivity index (χ4n) is 1.35. The van der Waals surface area contributed by atoms with Crippen molar-refractivity contribution in [3.05, 3.63) is 0 Å². The van der Waals surface area contributed by atoms with Crippen LogP contribution in [-0.2, 0) is 4.74 Å². The van der Waals surface area contributed by atoms with Gasteiger partial charge in [0.25, 0.3) is 0 Å². The van der Waals surface area contributed by atoms with E-state index in [1.165, 1.54) is 6.92 Å². The van der Waals surface area contributed by atoms with Crippen LogP contribution >= 0.6 is 0 Å². The van der Waals surface area contributed by atoms with Gasteiger partial charge >= 0.3 is 0 Å². The van der Waals surface area contributed by atoms with Gasteiger partial charge in [-0.25, -0.2) is 0 Å². The first-order chi connectivity index (χ1) is 5.90. The van der Waals surface area contributed by atoms with Gasteiger partial charge < -0.3 is 30.9 Å². The number of aliphatic hydroxyl groups is 4. The van der Waals surface area contributed by atoms with Gasteiger partial charge in [0.2, 0.25) is 0 Å². The second-order valence-corrected chi connectivity index (χ2v) is 3.40. The van der Waals surface area contributed by atoms with Crippen LogP contribution in [0.15, 0.2) is 0 Å². The lowest BCUT2D eigenvalue weighted by atomic mass is 9.92. The third-order valence-corrected chi connectivity index (χ3v) is 2.29. The minimum Gasteiger partial charge on any atom is -0.394 e. The molecule has 5 atom stereocenters. The number of ether oxygens (including phenoxy) is 1. The Bertz CT molecular complexity index is 184. The first kappa shape index (κ1) is 10.8. The minimum atomic E-state index is -1.73. The molecule has 6 heteroatoms. The molecule has 78 valence electrons. The van der Waals surface area contributed by atoms with Crippen LogP contribution in [0, 0.1) is 0 Å².